The number of rotatable bonds is 5. The smallest absolute Gasteiger partial charge is 0.348 e. The van der Waals surface area contributed by atoms with Crippen LogP contribution in [0.2, 0.25) is 0 Å². The van der Waals surface area contributed by atoms with E-state index < -0.39 is 0 Å². The van der Waals surface area contributed by atoms with Crippen molar-refractivity contribution in [2.24, 2.45) is 0 Å². The van der Waals surface area contributed by atoms with Gasteiger partial charge in [0.05, 0.1) is 30.7 Å². The maximum Gasteiger partial charge on any atom is 0.348 e. The minimum absolute atomic E-state index is 0.0891. The number of hydrogen-bond donors (Lipinski definition) is 1. The van der Waals surface area contributed by atoms with Gasteiger partial charge in [-0.25, -0.2) is 14.8 Å². The highest BCUT2D eigenvalue weighted by molar-refractivity contribution is 7.20. The fraction of sp³-hybridized carbons (Fsp3) is 0.588. The Morgan fingerprint density at radius 3 is 3.08 bits per heavy atom. The summed E-state index contributed by atoms with van der Waals surface area (Å²) in [6.07, 6.45) is 1.61. The number of ether oxygens (including phenoxy) is 2. The third-order valence-electron chi connectivity index (χ3n) is 4.41. The van der Waals surface area contributed by atoms with Gasteiger partial charge in [0.15, 0.2) is 0 Å². The van der Waals surface area contributed by atoms with Crippen molar-refractivity contribution in [3.63, 3.8) is 0 Å². The van der Waals surface area contributed by atoms with Gasteiger partial charge in [-0.3, -0.25) is 0 Å². The van der Waals surface area contributed by atoms with Crippen LogP contribution in [0.3, 0.4) is 0 Å². The van der Waals surface area contributed by atoms with Gasteiger partial charge in [0.25, 0.3) is 0 Å². The Kier molecular flexibility index (Phi) is 5.51. The van der Waals surface area contributed by atoms with Gasteiger partial charge in [0.1, 0.15) is 21.9 Å². The molecule has 136 valence electrons. The molecule has 3 rings (SSSR count). The minimum Gasteiger partial charge on any atom is -0.462 e. The van der Waals surface area contributed by atoms with Crippen LogP contribution < -0.4 is 5.32 Å². The van der Waals surface area contributed by atoms with Crippen molar-refractivity contribution >= 4 is 33.3 Å². The number of carbonyl (C=O) groups is 1. The van der Waals surface area contributed by atoms with Gasteiger partial charge in [-0.05, 0) is 33.4 Å². The van der Waals surface area contributed by atoms with Crippen LogP contribution in [-0.4, -0.2) is 66.3 Å². The van der Waals surface area contributed by atoms with Crippen LogP contribution in [0.1, 0.15) is 29.1 Å². The summed E-state index contributed by atoms with van der Waals surface area (Å²) < 4.78 is 11.0. The first kappa shape index (κ1) is 18.0. The molecule has 7 nitrogen and oxygen atoms in total. The summed E-state index contributed by atoms with van der Waals surface area (Å²) in [5.74, 6) is 0.429. The number of esters is 1. The lowest BCUT2D eigenvalue weighted by Crippen LogP contribution is -2.47. The molecule has 1 fully saturated rings. The number of nitrogens with one attached hydrogen (secondary N) is 1. The predicted molar refractivity (Wildman–Crippen MR) is 98.4 cm³/mol. The molecule has 0 aromatic carbocycles. The van der Waals surface area contributed by atoms with Crippen molar-refractivity contribution in [2.45, 2.75) is 32.9 Å². The molecule has 0 aliphatic carbocycles. The molecule has 0 amide bonds. The zero-order valence-corrected chi connectivity index (χ0v) is 15.9. The number of likely N-dealkylation sites (N-methyl/N-ethyl adjacent to an activating group) is 1. The number of anilines is 1. The number of morpholine rings is 1. The van der Waals surface area contributed by atoms with Crippen molar-refractivity contribution in [1.82, 2.24) is 14.9 Å². The van der Waals surface area contributed by atoms with Gasteiger partial charge in [0.2, 0.25) is 0 Å². The van der Waals surface area contributed by atoms with E-state index >= 15 is 0 Å². The molecule has 2 atom stereocenters. The predicted octanol–water partition coefficient (Wildman–Crippen LogP) is 2.31. The monoisotopic (exact) mass is 364 g/mol. The highest BCUT2D eigenvalue weighted by atomic mass is 32.1. The van der Waals surface area contributed by atoms with E-state index in [1.54, 1.807) is 6.92 Å². The Balaban J connectivity index is 1.87. The number of hydrogen-bond acceptors (Lipinski definition) is 8. The minimum atomic E-state index is -0.306. The zero-order valence-electron chi connectivity index (χ0n) is 15.0. The first-order valence-electron chi connectivity index (χ1n) is 8.49. The highest BCUT2D eigenvalue weighted by Gasteiger charge is 2.26. The van der Waals surface area contributed by atoms with Gasteiger partial charge in [-0.1, -0.05) is 0 Å². The molecule has 0 bridgehead atoms. The van der Waals surface area contributed by atoms with Gasteiger partial charge in [-0.2, -0.15) is 0 Å². The number of aryl methyl sites for hydroxylation is 1. The van der Waals surface area contributed by atoms with Crippen molar-refractivity contribution in [2.75, 3.05) is 38.7 Å². The molecular weight excluding hydrogens is 340 g/mol. The summed E-state index contributed by atoms with van der Waals surface area (Å²) in [7, 11) is 2.10. The van der Waals surface area contributed by atoms with Gasteiger partial charge in [-0.15, -0.1) is 11.3 Å². The standard InChI is InChI=1S/C17H24N4O3S/c1-5-23-17(22)14-10(2)13-15(18-9-19-16(13)25-14)20-11(3)12-8-21(4)6-7-24-12/h9,11-12H,5-8H2,1-4H3,(H,18,19,20). The van der Waals surface area contributed by atoms with Crippen LogP contribution in [0.15, 0.2) is 6.33 Å². The molecule has 2 aromatic rings. The third-order valence-corrected chi connectivity index (χ3v) is 5.59. The molecule has 3 heterocycles. The largest absolute Gasteiger partial charge is 0.462 e. The summed E-state index contributed by atoms with van der Waals surface area (Å²) in [5, 5.41) is 4.33. The van der Waals surface area contributed by atoms with E-state index in [9.17, 15) is 4.79 Å². The topological polar surface area (TPSA) is 76.6 Å². The van der Waals surface area contributed by atoms with E-state index in [2.05, 4.69) is 34.2 Å². The fourth-order valence-electron chi connectivity index (χ4n) is 2.99. The maximum absolute atomic E-state index is 12.1. The van der Waals surface area contributed by atoms with Crippen molar-refractivity contribution in [3.05, 3.63) is 16.8 Å². The SMILES string of the molecule is CCOC(=O)c1sc2ncnc(NC(C)C3CN(C)CCO3)c2c1C. The molecule has 0 radical (unpaired) electrons. The molecular formula is C17H24N4O3S. The fourth-order valence-corrected chi connectivity index (χ4v) is 4.04. The first-order chi connectivity index (χ1) is 12.0. The molecule has 1 aliphatic rings. The van der Waals surface area contributed by atoms with Gasteiger partial charge < -0.3 is 19.7 Å². The van der Waals surface area contributed by atoms with Crippen LogP contribution in [0.5, 0.6) is 0 Å². The van der Waals surface area contributed by atoms with Crippen molar-refractivity contribution < 1.29 is 14.3 Å². The molecule has 1 N–H and O–H groups in total. The van der Waals surface area contributed by atoms with E-state index in [1.807, 2.05) is 6.92 Å². The molecule has 1 saturated heterocycles. The maximum atomic E-state index is 12.1. The van der Waals surface area contributed by atoms with Gasteiger partial charge >= 0.3 is 5.97 Å². The van der Waals surface area contributed by atoms with Crippen LogP contribution in [-0.2, 0) is 9.47 Å². The molecule has 0 spiro atoms. The lowest BCUT2D eigenvalue weighted by molar-refractivity contribution is -0.0259. The number of fused-ring (bicyclic) bond motifs is 1. The molecule has 2 aromatic heterocycles. The number of nitrogens with zero attached hydrogens (tertiary/aromatic N) is 3. The summed E-state index contributed by atoms with van der Waals surface area (Å²) in [6, 6.07) is 0.0891. The van der Waals surface area contributed by atoms with Crippen molar-refractivity contribution in [1.29, 1.82) is 0 Å². The molecule has 1 aliphatic heterocycles. The van der Waals surface area contributed by atoms with E-state index in [4.69, 9.17) is 9.47 Å². The lowest BCUT2D eigenvalue weighted by atomic mass is 10.1. The van der Waals surface area contributed by atoms with Crippen LogP contribution in [0, 0.1) is 6.92 Å². The van der Waals surface area contributed by atoms with Crippen LogP contribution in [0.4, 0.5) is 5.82 Å². The van der Waals surface area contributed by atoms with Crippen LogP contribution in [0.25, 0.3) is 10.2 Å². The third kappa shape index (κ3) is 3.75. The summed E-state index contributed by atoms with van der Waals surface area (Å²) >= 11 is 1.34. The Labute approximate surface area is 151 Å². The number of aromatic nitrogens is 2. The average Bonchev–Trinajstić information content (AvgIpc) is 2.93. The molecule has 8 heteroatoms. The second kappa shape index (κ2) is 7.63. The second-order valence-corrected chi connectivity index (χ2v) is 7.28. The zero-order chi connectivity index (χ0) is 18.0. The van der Waals surface area contributed by atoms with Crippen molar-refractivity contribution in [3.8, 4) is 0 Å². The Bertz CT molecular complexity index is 764. The normalized spacial score (nSPS) is 19.8. The Morgan fingerprint density at radius 1 is 1.56 bits per heavy atom. The van der Waals surface area contributed by atoms with Gasteiger partial charge in [0, 0.05) is 13.1 Å². The summed E-state index contributed by atoms with van der Waals surface area (Å²) in [4.78, 5) is 24.5. The van der Waals surface area contributed by atoms with E-state index in [-0.39, 0.29) is 18.1 Å². The Hall–Kier alpha value is -1.77. The number of carbonyl (C=O) groups excluding carboxylic acids is 1. The quantitative estimate of drug-likeness (QED) is 0.816. The average molecular weight is 364 g/mol. The van der Waals surface area contributed by atoms with E-state index in [0.717, 1.165) is 41.3 Å². The second-order valence-electron chi connectivity index (χ2n) is 6.28. The summed E-state index contributed by atoms with van der Waals surface area (Å²) in [6.45, 7) is 8.72. The lowest BCUT2D eigenvalue weighted by Gasteiger charge is -2.34. The molecule has 0 saturated carbocycles. The van der Waals surface area contributed by atoms with Crippen LogP contribution >= 0.6 is 11.3 Å². The van der Waals surface area contributed by atoms with E-state index in [1.165, 1.54) is 17.7 Å². The Morgan fingerprint density at radius 2 is 2.36 bits per heavy atom. The first-order valence-corrected chi connectivity index (χ1v) is 9.30. The highest BCUT2D eigenvalue weighted by Crippen LogP contribution is 2.34. The molecule has 25 heavy (non-hydrogen) atoms. The molecule has 2 unspecified atom stereocenters. The number of thiophene rings is 1. The summed E-state index contributed by atoms with van der Waals surface area (Å²) in [5.41, 5.74) is 0.857. The van der Waals surface area contributed by atoms with E-state index in [0.29, 0.717) is 11.5 Å².